The van der Waals surface area contributed by atoms with Crippen molar-refractivity contribution < 1.29 is 13.2 Å². The van der Waals surface area contributed by atoms with Gasteiger partial charge in [-0.05, 0) is 61.4 Å². The van der Waals surface area contributed by atoms with Crippen molar-refractivity contribution in [1.29, 1.82) is 0 Å². The van der Waals surface area contributed by atoms with E-state index in [9.17, 15) is 13.2 Å². The maximum Gasteiger partial charge on any atom is 0.263 e. The van der Waals surface area contributed by atoms with Crippen molar-refractivity contribution in [3.8, 4) is 0 Å². The van der Waals surface area contributed by atoms with Gasteiger partial charge >= 0.3 is 0 Å². The van der Waals surface area contributed by atoms with Crippen LogP contribution in [0, 0.1) is 0 Å². The number of anilines is 2. The summed E-state index contributed by atoms with van der Waals surface area (Å²) < 4.78 is 33.3. The van der Waals surface area contributed by atoms with E-state index in [0.29, 0.717) is 18.0 Å². The van der Waals surface area contributed by atoms with Crippen molar-refractivity contribution >= 4 is 60.8 Å². The molecule has 12 heteroatoms. The summed E-state index contributed by atoms with van der Waals surface area (Å²) in [5, 5.41) is 5.16. The molecule has 1 fully saturated rings. The highest BCUT2D eigenvalue weighted by Crippen LogP contribution is 2.24. The average Bonchev–Trinajstić information content (AvgIpc) is 3.52. The molecular weight excluding hydrogens is 520 g/mol. The van der Waals surface area contributed by atoms with Crippen LogP contribution in [0.3, 0.4) is 0 Å². The molecule has 0 saturated carbocycles. The van der Waals surface area contributed by atoms with E-state index in [0.717, 1.165) is 54.1 Å². The number of nitrogens with one attached hydrogen (secondary N) is 2. The maximum absolute atomic E-state index is 12.6. The lowest BCUT2D eigenvalue weighted by atomic mass is 10.0. The molecule has 4 aromatic rings. The Bertz CT molecular complexity index is 1450. The van der Waals surface area contributed by atoms with Gasteiger partial charge in [0.05, 0.1) is 4.90 Å². The van der Waals surface area contributed by atoms with Crippen LogP contribution < -0.4 is 14.9 Å². The molecule has 0 spiro atoms. The van der Waals surface area contributed by atoms with Crippen LogP contribution in [0.1, 0.15) is 19.3 Å². The van der Waals surface area contributed by atoms with Crippen LogP contribution in [0.15, 0.2) is 66.0 Å². The van der Waals surface area contributed by atoms with Crippen LogP contribution in [0.4, 0.5) is 10.8 Å². The van der Waals surface area contributed by atoms with Crippen LogP contribution in [0.25, 0.3) is 10.9 Å². The molecule has 5 rings (SSSR count). The molecule has 2 aromatic carbocycles. The molecule has 188 valence electrons. The number of nitrogens with zero attached hydrogens (tertiary/aromatic N) is 4. The van der Waals surface area contributed by atoms with Crippen molar-refractivity contribution in [2.45, 2.75) is 36.7 Å². The van der Waals surface area contributed by atoms with E-state index in [1.165, 1.54) is 6.33 Å². The number of carbonyl (C=O) groups excluding carboxylic acids is 1. The number of aryl methyl sites for hydroxylation is 1. The number of carbonyl (C=O) groups is 1. The number of hydrogen-bond acceptors (Lipinski definition) is 7. The van der Waals surface area contributed by atoms with Gasteiger partial charge in [-0.1, -0.05) is 11.6 Å². The molecule has 2 aromatic heterocycles. The van der Waals surface area contributed by atoms with E-state index in [1.807, 2.05) is 42.6 Å². The SMILES string of the molecule is O=C(CCn1ccc2cc(Cl)ccc21)NC1CCN(c2ccc(S(=O)(=O)Nc3ncns3)cc2)CC1. The Morgan fingerprint density at radius 2 is 1.89 bits per heavy atom. The minimum absolute atomic E-state index is 0.0433. The molecule has 1 saturated heterocycles. The van der Waals surface area contributed by atoms with Crippen molar-refractivity contribution in [3.05, 3.63) is 66.1 Å². The van der Waals surface area contributed by atoms with Crippen LogP contribution in [-0.2, 0) is 21.4 Å². The predicted molar refractivity (Wildman–Crippen MR) is 142 cm³/mol. The molecule has 3 heterocycles. The van der Waals surface area contributed by atoms with Crippen LogP contribution in [0.5, 0.6) is 0 Å². The number of hydrogen-bond donors (Lipinski definition) is 2. The topological polar surface area (TPSA) is 109 Å². The molecule has 0 radical (unpaired) electrons. The maximum atomic E-state index is 12.6. The summed E-state index contributed by atoms with van der Waals surface area (Å²) in [6.07, 6.45) is 5.35. The van der Waals surface area contributed by atoms with Crippen molar-refractivity contribution in [2.75, 3.05) is 22.7 Å². The Hall–Kier alpha value is -3.15. The average molecular weight is 545 g/mol. The molecule has 2 N–H and O–H groups in total. The molecule has 1 aliphatic heterocycles. The van der Waals surface area contributed by atoms with Gasteiger partial charge in [-0.25, -0.2) is 13.4 Å². The number of halogens is 1. The van der Waals surface area contributed by atoms with Gasteiger partial charge < -0.3 is 14.8 Å². The summed E-state index contributed by atoms with van der Waals surface area (Å²) in [4.78, 5) is 18.8. The molecule has 1 aliphatic rings. The Morgan fingerprint density at radius 1 is 1.11 bits per heavy atom. The summed E-state index contributed by atoms with van der Waals surface area (Å²) in [5.41, 5.74) is 2.02. The molecular formula is C24H25ClN6O3S2. The third kappa shape index (κ3) is 5.63. The molecule has 9 nitrogen and oxygen atoms in total. The number of sulfonamides is 1. The number of fused-ring (bicyclic) bond motifs is 1. The van der Waals surface area contributed by atoms with Crippen molar-refractivity contribution in [3.63, 3.8) is 0 Å². The third-order valence-electron chi connectivity index (χ3n) is 6.27. The molecule has 36 heavy (non-hydrogen) atoms. The summed E-state index contributed by atoms with van der Waals surface area (Å²) >= 11 is 7.04. The lowest BCUT2D eigenvalue weighted by molar-refractivity contribution is -0.122. The summed E-state index contributed by atoms with van der Waals surface area (Å²) in [5.74, 6) is 0.0433. The van der Waals surface area contributed by atoms with Gasteiger partial charge in [-0.15, -0.1) is 0 Å². The zero-order valence-corrected chi connectivity index (χ0v) is 21.7. The minimum atomic E-state index is -3.70. The van der Waals surface area contributed by atoms with E-state index in [2.05, 4.69) is 28.9 Å². The fourth-order valence-electron chi connectivity index (χ4n) is 4.40. The first kappa shape index (κ1) is 24.5. The number of piperidine rings is 1. The Labute approximate surface area is 218 Å². The summed E-state index contributed by atoms with van der Waals surface area (Å²) in [6, 6.07) is 14.7. The van der Waals surface area contributed by atoms with Crippen LogP contribution in [-0.4, -0.2) is 47.4 Å². The molecule has 0 atom stereocenters. The second kappa shape index (κ2) is 10.5. The van der Waals surface area contributed by atoms with Crippen molar-refractivity contribution in [2.24, 2.45) is 0 Å². The minimum Gasteiger partial charge on any atom is -0.371 e. The fourth-order valence-corrected chi connectivity index (χ4v) is 6.24. The first-order valence-corrected chi connectivity index (χ1v) is 14.2. The van der Waals surface area contributed by atoms with E-state index in [4.69, 9.17) is 11.6 Å². The molecule has 0 unspecified atom stereocenters. The van der Waals surface area contributed by atoms with Gasteiger partial charge in [0.1, 0.15) is 6.33 Å². The lowest BCUT2D eigenvalue weighted by Crippen LogP contribution is -2.44. The van der Waals surface area contributed by atoms with Crippen molar-refractivity contribution in [1.82, 2.24) is 19.2 Å². The van der Waals surface area contributed by atoms with Gasteiger partial charge in [0.2, 0.25) is 11.0 Å². The van der Waals surface area contributed by atoms with Gasteiger partial charge in [0.15, 0.2) is 0 Å². The largest absolute Gasteiger partial charge is 0.371 e. The highest BCUT2D eigenvalue weighted by Gasteiger charge is 2.22. The highest BCUT2D eigenvalue weighted by atomic mass is 35.5. The quantitative estimate of drug-likeness (QED) is 0.345. The van der Waals surface area contributed by atoms with Gasteiger partial charge in [0.25, 0.3) is 10.0 Å². The Kier molecular flexibility index (Phi) is 7.13. The van der Waals surface area contributed by atoms with E-state index in [1.54, 1.807) is 12.1 Å². The predicted octanol–water partition coefficient (Wildman–Crippen LogP) is 4.12. The standard InChI is InChI=1S/C24H25ClN6O3S2/c25-18-1-6-22-17(15-18)7-11-31(22)14-10-23(32)28-19-8-12-30(13-9-19)20-2-4-21(5-3-20)36(33,34)29-24-26-16-27-35-24/h1-7,11,15-16,19H,8-10,12-14H2,(H,28,32)(H,26,27,29). The zero-order chi connectivity index (χ0) is 25.1. The zero-order valence-electron chi connectivity index (χ0n) is 19.3. The lowest BCUT2D eigenvalue weighted by Gasteiger charge is -2.34. The summed E-state index contributed by atoms with van der Waals surface area (Å²) in [6.45, 7) is 2.17. The summed E-state index contributed by atoms with van der Waals surface area (Å²) in [7, 11) is -3.70. The van der Waals surface area contributed by atoms with Crippen LogP contribution >= 0.6 is 23.1 Å². The second-order valence-corrected chi connectivity index (χ2v) is 11.5. The number of benzene rings is 2. The monoisotopic (exact) mass is 544 g/mol. The smallest absolute Gasteiger partial charge is 0.263 e. The highest BCUT2D eigenvalue weighted by molar-refractivity contribution is 7.93. The number of aromatic nitrogens is 3. The Balaban J connectivity index is 1.10. The van der Waals surface area contributed by atoms with E-state index < -0.39 is 10.0 Å². The molecule has 1 amide bonds. The molecule has 0 bridgehead atoms. The normalized spacial score (nSPS) is 14.8. The van der Waals surface area contributed by atoms with Gasteiger partial charge in [-0.3, -0.25) is 9.52 Å². The van der Waals surface area contributed by atoms with Gasteiger partial charge in [-0.2, -0.15) is 4.37 Å². The fraction of sp³-hybridized carbons (Fsp3) is 0.292. The van der Waals surface area contributed by atoms with Gasteiger partial charge in [0, 0.05) is 71.4 Å². The third-order valence-corrected chi connectivity index (χ3v) is 8.57. The Morgan fingerprint density at radius 3 is 2.61 bits per heavy atom. The van der Waals surface area contributed by atoms with E-state index in [-0.39, 0.29) is 22.0 Å². The number of rotatable bonds is 8. The first-order valence-electron chi connectivity index (χ1n) is 11.6. The number of amides is 1. The van der Waals surface area contributed by atoms with E-state index >= 15 is 0 Å². The first-order chi connectivity index (χ1) is 17.4. The van der Waals surface area contributed by atoms with Crippen LogP contribution in [0.2, 0.25) is 5.02 Å². The molecule has 0 aliphatic carbocycles. The second-order valence-electron chi connectivity index (χ2n) is 8.64.